The maximum absolute atomic E-state index is 12.8. The number of β-amino-alcohol motifs (C(OH)–C–C–N with tert-alkyl or cyclic N) is 1. The van der Waals surface area contributed by atoms with E-state index in [-0.39, 0.29) is 5.91 Å². The summed E-state index contributed by atoms with van der Waals surface area (Å²) in [6.07, 6.45) is 5.64. The molecule has 1 aromatic rings. The Kier molecular flexibility index (Phi) is 4.69. The van der Waals surface area contributed by atoms with Crippen LogP contribution in [-0.2, 0) is 0 Å². The minimum absolute atomic E-state index is 0.0466. The second-order valence-corrected chi connectivity index (χ2v) is 7.93. The van der Waals surface area contributed by atoms with Crippen LogP contribution in [0.15, 0.2) is 24.3 Å². The average molecular weight is 343 g/mol. The molecular formula is C20H29N3O2. The van der Waals surface area contributed by atoms with Gasteiger partial charge in [-0.05, 0) is 69.5 Å². The molecular weight excluding hydrogens is 314 g/mol. The highest BCUT2D eigenvalue weighted by Crippen LogP contribution is 2.26. The Balaban J connectivity index is 1.37. The standard InChI is InChI=1S/C20H29N3O2/c24-19(17-5-7-18(8-6-17)22-12-3-4-13-22)23-14-9-20(25,16-23)15-21-10-1-2-11-21/h5-8,25H,1-4,9-16H2/t20-/m1/s1. The molecule has 5 heteroatoms. The van der Waals surface area contributed by atoms with Gasteiger partial charge >= 0.3 is 0 Å². The van der Waals surface area contributed by atoms with Crippen LogP contribution < -0.4 is 4.90 Å². The molecule has 0 radical (unpaired) electrons. The molecule has 1 aromatic carbocycles. The Morgan fingerprint density at radius 3 is 2.28 bits per heavy atom. The van der Waals surface area contributed by atoms with E-state index in [1.54, 1.807) is 0 Å². The van der Waals surface area contributed by atoms with E-state index in [4.69, 9.17) is 0 Å². The van der Waals surface area contributed by atoms with Gasteiger partial charge in [0, 0.05) is 37.4 Å². The van der Waals surface area contributed by atoms with Crippen molar-refractivity contribution in [2.45, 2.75) is 37.7 Å². The van der Waals surface area contributed by atoms with Crippen molar-refractivity contribution in [1.82, 2.24) is 9.80 Å². The predicted molar refractivity (Wildman–Crippen MR) is 99.0 cm³/mol. The zero-order chi connectivity index (χ0) is 17.3. The molecule has 0 saturated carbocycles. The van der Waals surface area contributed by atoms with Crippen molar-refractivity contribution < 1.29 is 9.90 Å². The Bertz CT molecular complexity index is 606. The zero-order valence-corrected chi connectivity index (χ0v) is 15.0. The maximum Gasteiger partial charge on any atom is 0.253 e. The molecule has 3 saturated heterocycles. The lowest BCUT2D eigenvalue weighted by molar-refractivity contribution is 0.0175. The summed E-state index contributed by atoms with van der Waals surface area (Å²) in [6, 6.07) is 8.00. The summed E-state index contributed by atoms with van der Waals surface area (Å²) in [5, 5.41) is 10.9. The van der Waals surface area contributed by atoms with Crippen LogP contribution in [0.4, 0.5) is 5.69 Å². The lowest BCUT2D eigenvalue weighted by Gasteiger charge is -2.28. The van der Waals surface area contributed by atoms with E-state index < -0.39 is 5.60 Å². The molecule has 0 aliphatic carbocycles. The van der Waals surface area contributed by atoms with Gasteiger partial charge in [-0.2, -0.15) is 0 Å². The number of anilines is 1. The highest BCUT2D eigenvalue weighted by Gasteiger charge is 2.40. The number of benzene rings is 1. The summed E-state index contributed by atoms with van der Waals surface area (Å²) in [7, 11) is 0. The molecule has 3 fully saturated rings. The van der Waals surface area contributed by atoms with Gasteiger partial charge in [-0.1, -0.05) is 0 Å². The van der Waals surface area contributed by atoms with Crippen molar-refractivity contribution in [3.63, 3.8) is 0 Å². The molecule has 1 amide bonds. The van der Waals surface area contributed by atoms with E-state index in [1.807, 2.05) is 17.0 Å². The third kappa shape index (κ3) is 3.67. The molecule has 3 aliphatic heterocycles. The molecule has 1 atom stereocenters. The Labute approximate surface area is 150 Å². The number of rotatable bonds is 4. The first-order valence-corrected chi connectivity index (χ1v) is 9.72. The number of likely N-dealkylation sites (tertiary alicyclic amines) is 2. The molecule has 0 aromatic heterocycles. The molecule has 0 unspecified atom stereocenters. The maximum atomic E-state index is 12.8. The van der Waals surface area contributed by atoms with Gasteiger partial charge < -0.3 is 19.8 Å². The summed E-state index contributed by atoms with van der Waals surface area (Å²) < 4.78 is 0. The molecule has 136 valence electrons. The number of carbonyl (C=O) groups is 1. The van der Waals surface area contributed by atoms with Crippen LogP contribution >= 0.6 is 0 Å². The summed E-state index contributed by atoms with van der Waals surface area (Å²) in [6.45, 7) is 6.19. The average Bonchev–Trinajstić information content (AvgIpc) is 3.36. The van der Waals surface area contributed by atoms with Crippen LogP contribution in [0.2, 0.25) is 0 Å². The van der Waals surface area contributed by atoms with Gasteiger partial charge in [-0.3, -0.25) is 4.79 Å². The van der Waals surface area contributed by atoms with Crippen LogP contribution in [0, 0.1) is 0 Å². The quantitative estimate of drug-likeness (QED) is 0.908. The topological polar surface area (TPSA) is 47.0 Å². The number of hydrogen-bond acceptors (Lipinski definition) is 4. The van der Waals surface area contributed by atoms with Crippen molar-refractivity contribution >= 4 is 11.6 Å². The van der Waals surface area contributed by atoms with Crippen molar-refractivity contribution in [3.05, 3.63) is 29.8 Å². The third-order valence-corrected chi connectivity index (χ3v) is 5.92. The van der Waals surface area contributed by atoms with Gasteiger partial charge in [0.15, 0.2) is 0 Å². The highest BCUT2D eigenvalue weighted by molar-refractivity contribution is 5.94. The molecule has 25 heavy (non-hydrogen) atoms. The largest absolute Gasteiger partial charge is 0.387 e. The van der Waals surface area contributed by atoms with Crippen LogP contribution in [0.1, 0.15) is 42.5 Å². The lowest BCUT2D eigenvalue weighted by atomic mass is 10.0. The van der Waals surface area contributed by atoms with Crippen molar-refractivity contribution in [3.8, 4) is 0 Å². The first kappa shape index (κ1) is 16.9. The lowest BCUT2D eigenvalue weighted by Crippen LogP contribution is -2.45. The third-order valence-electron chi connectivity index (χ3n) is 5.92. The Hall–Kier alpha value is -1.59. The smallest absolute Gasteiger partial charge is 0.253 e. The van der Waals surface area contributed by atoms with E-state index >= 15 is 0 Å². The SMILES string of the molecule is O=C(c1ccc(N2CCCC2)cc1)N1CC[C@@](O)(CN2CCCC2)C1. The van der Waals surface area contributed by atoms with Gasteiger partial charge in [0.05, 0.1) is 12.1 Å². The Morgan fingerprint density at radius 1 is 0.960 bits per heavy atom. The van der Waals surface area contributed by atoms with E-state index in [1.165, 1.54) is 31.4 Å². The summed E-state index contributed by atoms with van der Waals surface area (Å²) in [4.78, 5) is 19.3. The zero-order valence-electron chi connectivity index (χ0n) is 15.0. The predicted octanol–water partition coefficient (Wildman–Crippen LogP) is 1.96. The number of nitrogens with zero attached hydrogens (tertiary/aromatic N) is 3. The minimum atomic E-state index is -0.741. The monoisotopic (exact) mass is 343 g/mol. The van der Waals surface area contributed by atoms with Gasteiger partial charge in [-0.25, -0.2) is 0 Å². The fourth-order valence-corrected chi connectivity index (χ4v) is 4.49. The fraction of sp³-hybridized carbons (Fsp3) is 0.650. The fourth-order valence-electron chi connectivity index (χ4n) is 4.49. The van der Waals surface area contributed by atoms with Crippen molar-refractivity contribution in [2.24, 2.45) is 0 Å². The van der Waals surface area contributed by atoms with Gasteiger partial charge in [0.25, 0.3) is 5.91 Å². The second kappa shape index (κ2) is 6.96. The summed E-state index contributed by atoms with van der Waals surface area (Å²) >= 11 is 0. The molecule has 5 nitrogen and oxygen atoms in total. The van der Waals surface area contributed by atoms with E-state index in [2.05, 4.69) is 21.9 Å². The van der Waals surface area contributed by atoms with Crippen LogP contribution in [-0.4, -0.2) is 72.2 Å². The molecule has 0 spiro atoms. The number of hydrogen-bond donors (Lipinski definition) is 1. The van der Waals surface area contributed by atoms with Crippen molar-refractivity contribution in [1.29, 1.82) is 0 Å². The first-order chi connectivity index (χ1) is 12.1. The number of amides is 1. The highest BCUT2D eigenvalue weighted by atomic mass is 16.3. The second-order valence-electron chi connectivity index (χ2n) is 7.93. The number of aliphatic hydroxyl groups is 1. The van der Waals surface area contributed by atoms with Crippen LogP contribution in [0.25, 0.3) is 0 Å². The van der Waals surface area contributed by atoms with Gasteiger partial charge in [0.2, 0.25) is 0 Å². The molecule has 3 aliphatic rings. The summed E-state index contributed by atoms with van der Waals surface area (Å²) in [5.74, 6) is 0.0466. The van der Waals surface area contributed by atoms with E-state index in [0.717, 1.165) is 31.7 Å². The van der Waals surface area contributed by atoms with Gasteiger partial charge in [0.1, 0.15) is 0 Å². The van der Waals surface area contributed by atoms with Crippen LogP contribution in [0.5, 0.6) is 0 Å². The Morgan fingerprint density at radius 2 is 1.60 bits per heavy atom. The van der Waals surface area contributed by atoms with Crippen LogP contribution in [0.3, 0.4) is 0 Å². The molecule has 4 rings (SSSR count). The van der Waals surface area contributed by atoms with Gasteiger partial charge in [-0.15, -0.1) is 0 Å². The summed E-state index contributed by atoms with van der Waals surface area (Å²) in [5.41, 5.74) is 1.20. The minimum Gasteiger partial charge on any atom is -0.387 e. The molecule has 0 bridgehead atoms. The number of carbonyl (C=O) groups excluding carboxylic acids is 1. The molecule has 3 heterocycles. The van der Waals surface area contributed by atoms with E-state index in [9.17, 15) is 9.90 Å². The first-order valence-electron chi connectivity index (χ1n) is 9.72. The van der Waals surface area contributed by atoms with Crippen molar-refractivity contribution in [2.75, 3.05) is 50.7 Å². The van der Waals surface area contributed by atoms with E-state index in [0.29, 0.717) is 26.1 Å². The normalized spacial score (nSPS) is 27.4. The molecule has 1 N–H and O–H groups in total.